The van der Waals surface area contributed by atoms with E-state index in [1.807, 2.05) is 20.2 Å². The number of aromatic nitrogens is 2. The number of halogens is 1. The zero-order valence-corrected chi connectivity index (χ0v) is 6.27. The number of nitrogens with two attached hydrogens (primary N) is 1. The van der Waals surface area contributed by atoms with E-state index in [1.54, 1.807) is 4.68 Å². The SMILES string of the molecule is Cc1cn(C)nc1N.Cl. The lowest BCUT2D eigenvalue weighted by Crippen LogP contribution is -1.90. The summed E-state index contributed by atoms with van der Waals surface area (Å²) >= 11 is 0. The lowest BCUT2D eigenvalue weighted by Gasteiger charge is -1.80. The summed E-state index contributed by atoms with van der Waals surface area (Å²) in [5.74, 6) is 0.618. The fourth-order valence-corrected chi connectivity index (χ4v) is 0.624. The molecule has 0 fully saturated rings. The topological polar surface area (TPSA) is 43.8 Å². The monoisotopic (exact) mass is 147 g/mol. The quantitative estimate of drug-likeness (QED) is 0.588. The van der Waals surface area contributed by atoms with Gasteiger partial charge in [-0.25, -0.2) is 0 Å². The molecule has 0 bridgehead atoms. The van der Waals surface area contributed by atoms with Gasteiger partial charge in [0, 0.05) is 18.8 Å². The molecule has 4 heteroatoms. The Labute approximate surface area is 60.3 Å². The molecule has 2 N–H and O–H groups in total. The number of hydrogen-bond donors (Lipinski definition) is 1. The van der Waals surface area contributed by atoms with Gasteiger partial charge in [0.15, 0.2) is 0 Å². The van der Waals surface area contributed by atoms with Crippen LogP contribution in [0.15, 0.2) is 6.20 Å². The summed E-state index contributed by atoms with van der Waals surface area (Å²) in [7, 11) is 1.85. The molecule has 52 valence electrons. The molecule has 0 unspecified atom stereocenters. The smallest absolute Gasteiger partial charge is 0.148 e. The van der Waals surface area contributed by atoms with E-state index < -0.39 is 0 Å². The molecule has 1 rings (SSSR count). The second kappa shape index (κ2) is 2.73. The van der Waals surface area contributed by atoms with Crippen molar-refractivity contribution in [2.45, 2.75) is 6.92 Å². The summed E-state index contributed by atoms with van der Waals surface area (Å²) < 4.78 is 1.70. The fraction of sp³-hybridized carbons (Fsp3) is 0.400. The summed E-state index contributed by atoms with van der Waals surface area (Å²) in [4.78, 5) is 0. The molecule has 0 radical (unpaired) electrons. The highest BCUT2D eigenvalue weighted by molar-refractivity contribution is 5.85. The molecule has 1 aromatic heterocycles. The Morgan fingerprint density at radius 3 is 2.33 bits per heavy atom. The minimum Gasteiger partial charge on any atom is -0.382 e. The van der Waals surface area contributed by atoms with E-state index in [-0.39, 0.29) is 12.4 Å². The van der Waals surface area contributed by atoms with Crippen LogP contribution in [-0.4, -0.2) is 9.78 Å². The van der Waals surface area contributed by atoms with Crippen LogP contribution in [0.2, 0.25) is 0 Å². The van der Waals surface area contributed by atoms with E-state index in [9.17, 15) is 0 Å². The number of nitrogen functional groups attached to an aromatic ring is 1. The Morgan fingerprint density at radius 1 is 1.67 bits per heavy atom. The maximum absolute atomic E-state index is 5.41. The predicted octanol–water partition coefficient (Wildman–Crippen LogP) is 0.733. The van der Waals surface area contributed by atoms with Gasteiger partial charge < -0.3 is 5.73 Å². The van der Waals surface area contributed by atoms with Gasteiger partial charge in [0.2, 0.25) is 0 Å². The van der Waals surface area contributed by atoms with E-state index in [0.717, 1.165) is 5.56 Å². The minimum absolute atomic E-state index is 0. The molecule has 0 aromatic carbocycles. The number of hydrogen-bond acceptors (Lipinski definition) is 2. The van der Waals surface area contributed by atoms with E-state index in [4.69, 9.17) is 5.73 Å². The standard InChI is InChI=1S/C5H9N3.ClH/c1-4-3-8(2)7-5(4)6;/h3H,1-2H3,(H2,6,7);1H. The van der Waals surface area contributed by atoms with Gasteiger partial charge in [0.1, 0.15) is 5.82 Å². The molecule has 1 aromatic rings. The zero-order valence-electron chi connectivity index (χ0n) is 5.46. The first-order valence-electron chi connectivity index (χ1n) is 2.46. The van der Waals surface area contributed by atoms with Gasteiger partial charge >= 0.3 is 0 Å². The third-order valence-electron chi connectivity index (χ3n) is 1.05. The molecule has 0 aliphatic heterocycles. The third-order valence-corrected chi connectivity index (χ3v) is 1.05. The Bertz CT molecular complexity index is 175. The lowest BCUT2D eigenvalue weighted by atomic mass is 10.4. The summed E-state index contributed by atoms with van der Waals surface area (Å²) in [6, 6.07) is 0. The van der Waals surface area contributed by atoms with Gasteiger partial charge in [-0.3, -0.25) is 4.68 Å². The molecule has 0 amide bonds. The average Bonchev–Trinajstić information content (AvgIpc) is 1.85. The summed E-state index contributed by atoms with van der Waals surface area (Å²) in [5.41, 5.74) is 6.44. The van der Waals surface area contributed by atoms with Crippen LogP contribution >= 0.6 is 12.4 Å². The van der Waals surface area contributed by atoms with Crippen LogP contribution in [0, 0.1) is 6.92 Å². The normalized spacial score (nSPS) is 8.67. The molecule has 0 aliphatic rings. The minimum atomic E-state index is 0. The van der Waals surface area contributed by atoms with Gasteiger partial charge in [0.25, 0.3) is 0 Å². The van der Waals surface area contributed by atoms with Crippen molar-refractivity contribution < 1.29 is 0 Å². The van der Waals surface area contributed by atoms with Crippen LogP contribution in [0.3, 0.4) is 0 Å². The summed E-state index contributed by atoms with van der Waals surface area (Å²) in [6.07, 6.45) is 1.88. The molecular formula is C5H10ClN3. The number of aryl methyl sites for hydroxylation is 2. The van der Waals surface area contributed by atoms with Gasteiger partial charge in [-0.15, -0.1) is 12.4 Å². The average molecular weight is 148 g/mol. The largest absolute Gasteiger partial charge is 0.382 e. The second-order valence-electron chi connectivity index (χ2n) is 1.87. The zero-order chi connectivity index (χ0) is 6.15. The first-order chi connectivity index (χ1) is 3.70. The van der Waals surface area contributed by atoms with Crippen molar-refractivity contribution in [2.75, 3.05) is 5.73 Å². The van der Waals surface area contributed by atoms with Gasteiger partial charge in [-0.1, -0.05) is 0 Å². The van der Waals surface area contributed by atoms with Crippen LogP contribution in [0.5, 0.6) is 0 Å². The summed E-state index contributed by atoms with van der Waals surface area (Å²) in [6.45, 7) is 1.93. The van der Waals surface area contributed by atoms with Crippen molar-refractivity contribution in [1.82, 2.24) is 9.78 Å². The van der Waals surface area contributed by atoms with Crippen molar-refractivity contribution in [3.05, 3.63) is 11.8 Å². The van der Waals surface area contributed by atoms with Gasteiger partial charge in [-0.05, 0) is 6.92 Å². The van der Waals surface area contributed by atoms with E-state index in [1.165, 1.54) is 0 Å². The van der Waals surface area contributed by atoms with Crippen LogP contribution < -0.4 is 5.73 Å². The molecule has 9 heavy (non-hydrogen) atoms. The maximum Gasteiger partial charge on any atom is 0.148 e. The molecule has 0 atom stereocenters. The first kappa shape index (κ1) is 8.30. The molecule has 0 aliphatic carbocycles. The highest BCUT2D eigenvalue weighted by Gasteiger charge is 1.93. The molecule has 3 nitrogen and oxygen atoms in total. The van der Waals surface area contributed by atoms with Gasteiger partial charge in [0.05, 0.1) is 0 Å². The highest BCUT2D eigenvalue weighted by Crippen LogP contribution is 2.03. The molecule has 0 spiro atoms. The van der Waals surface area contributed by atoms with E-state index >= 15 is 0 Å². The molecular weight excluding hydrogens is 138 g/mol. The summed E-state index contributed by atoms with van der Waals surface area (Å²) in [5, 5.41) is 3.91. The van der Waals surface area contributed by atoms with Crippen LogP contribution in [0.4, 0.5) is 5.82 Å². The van der Waals surface area contributed by atoms with Crippen molar-refractivity contribution >= 4 is 18.2 Å². The van der Waals surface area contributed by atoms with Gasteiger partial charge in [-0.2, -0.15) is 5.10 Å². The molecule has 1 heterocycles. The Morgan fingerprint density at radius 2 is 2.22 bits per heavy atom. The Kier molecular flexibility index (Phi) is 2.52. The molecule has 0 saturated heterocycles. The third kappa shape index (κ3) is 1.61. The predicted molar refractivity (Wildman–Crippen MR) is 39.6 cm³/mol. The van der Waals surface area contributed by atoms with Crippen molar-refractivity contribution in [1.29, 1.82) is 0 Å². The Balaban J connectivity index is 0.000000640. The molecule has 0 saturated carbocycles. The lowest BCUT2D eigenvalue weighted by molar-refractivity contribution is 0.771. The fourth-order valence-electron chi connectivity index (χ4n) is 0.624. The van der Waals surface area contributed by atoms with Crippen molar-refractivity contribution in [3.63, 3.8) is 0 Å². The van der Waals surface area contributed by atoms with Crippen molar-refractivity contribution in [3.8, 4) is 0 Å². The number of nitrogens with zero attached hydrogens (tertiary/aromatic N) is 2. The van der Waals surface area contributed by atoms with E-state index in [0.29, 0.717) is 5.82 Å². The second-order valence-corrected chi connectivity index (χ2v) is 1.87. The number of anilines is 1. The number of rotatable bonds is 0. The Hall–Kier alpha value is -0.700. The van der Waals surface area contributed by atoms with Crippen LogP contribution in [-0.2, 0) is 7.05 Å². The highest BCUT2D eigenvalue weighted by atomic mass is 35.5. The maximum atomic E-state index is 5.41. The first-order valence-corrected chi connectivity index (χ1v) is 2.46. The van der Waals surface area contributed by atoms with E-state index in [2.05, 4.69) is 5.10 Å². The van der Waals surface area contributed by atoms with Crippen LogP contribution in [0.1, 0.15) is 5.56 Å². The van der Waals surface area contributed by atoms with Crippen LogP contribution in [0.25, 0.3) is 0 Å². The van der Waals surface area contributed by atoms with Crippen molar-refractivity contribution in [2.24, 2.45) is 7.05 Å².